The average molecular weight is 352 g/mol. The van der Waals surface area contributed by atoms with Crippen molar-refractivity contribution < 1.29 is 14.3 Å². The molecule has 0 spiro atoms. The van der Waals surface area contributed by atoms with E-state index in [1.165, 1.54) is 0 Å². The third-order valence-electron chi connectivity index (χ3n) is 4.73. The van der Waals surface area contributed by atoms with E-state index in [1.54, 1.807) is 36.2 Å². The summed E-state index contributed by atoms with van der Waals surface area (Å²) in [6.07, 6.45) is 3.38. The van der Waals surface area contributed by atoms with Crippen molar-refractivity contribution in [1.82, 2.24) is 4.90 Å². The number of primary amides is 1. The van der Waals surface area contributed by atoms with Crippen molar-refractivity contribution in [1.29, 1.82) is 0 Å². The van der Waals surface area contributed by atoms with Crippen LogP contribution in [-0.2, 0) is 4.74 Å². The van der Waals surface area contributed by atoms with Crippen LogP contribution < -0.4 is 5.73 Å². The van der Waals surface area contributed by atoms with E-state index in [0.29, 0.717) is 17.7 Å². The normalized spacial score (nSPS) is 16.9. The second-order valence-corrected chi connectivity index (χ2v) is 6.66. The average Bonchev–Trinajstić information content (AvgIpc) is 2.68. The number of rotatable bonds is 5. The first-order valence-electron chi connectivity index (χ1n) is 8.92. The summed E-state index contributed by atoms with van der Waals surface area (Å²) in [5, 5.41) is 0. The van der Waals surface area contributed by atoms with Gasteiger partial charge in [-0.05, 0) is 48.6 Å². The maximum absolute atomic E-state index is 12.6. The number of ether oxygens (including phenoxy) is 1. The molecule has 1 aliphatic rings. The molecule has 2 N–H and O–H groups in total. The highest BCUT2D eigenvalue weighted by atomic mass is 16.5. The van der Waals surface area contributed by atoms with Crippen molar-refractivity contribution in [2.45, 2.75) is 25.4 Å². The Labute approximate surface area is 153 Å². The fourth-order valence-corrected chi connectivity index (χ4v) is 3.30. The molecule has 1 atom stereocenters. The minimum atomic E-state index is -0.465. The second-order valence-electron chi connectivity index (χ2n) is 6.66. The summed E-state index contributed by atoms with van der Waals surface area (Å²) in [7, 11) is 1.80. The Morgan fingerprint density at radius 2 is 1.85 bits per heavy atom. The first-order valence-corrected chi connectivity index (χ1v) is 8.92. The number of benzene rings is 2. The number of amides is 2. The quantitative estimate of drug-likeness (QED) is 0.899. The van der Waals surface area contributed by atoms with Gasteiger partial charge in [0.2, 0.25) is 5.91 Å². The lowest BCUT2D eigenvalue weighted by Gasteiger charge is -2.27. The van der Waals surface area contributed by atoms with Gasteiger partial charge in [0, 0.05) is 31.3 Å². The van der Waals surface area contributed by atoms with Crippen LogP contribution in [-0.4, -0.2) is 43.0 Å². The van der Waals surface area contributed by atoms with Crippen LogP contribution in [0.15, 0.2) is 48.5 Å². The summed E-state index contributed by atoms with van der Waals surface area (Å²) in [6.45, 7) is 1.38. The molecule has 3 rings (SSSR count). The number of nitrogens with zero attached hydrogens (tertiary/aromatic N) is 1. The topological polar surface area (TPSA) is 72.6 Å². The molecule has 1 heterocycles. The predicted octanol–water partition coefficient (Wildman–Crippen LogP) is 3.09. The van der Waals surface area contributed by atoms with Gasteiger partial charge >= 0.3 is 0 Å². The van der Waals surface area contributed by atoms with Gasteiger partial charge in [-0.25, -0.2) is 0 Å². The summed E-state index contributed by atoms with van der Waals surface area (Å²) in [5.41, 5.74) is 8.15. The lowest BCUT2D eigenvalue weighted by Crippen LogP contribution is -2.37. The largest absolute Gasteiger partial charge is 0.376 e. The molecule has 26 heavy (non-hydrogen) atoms. The number of likely N-dealkylation sites (N-methyl/N-ethyl adjacent to an activating group) is 1. The SMILES string of the molecule is CN(C[C@H]1CCCCO1)C(=O)c1ccc(-c2ccccc2C(N)=O)cc1. The van der Waals surface area contributed by atoms with Crippen LogP contribution >= 0.6 is 0 Å². The molecule has 0 unspecified atom stereocenters. The molecule has 2 aromatic carbocycles. The summed E-state index contributed by atoms with van der Waals surface area (Å²) in [6, 6.07) is 14.5. The van der Waals surface area contributed by atoms with Crippen molar-refractivity contribution in [2.75, 3.05) is 20.2 Å². The maximum Gasteiger partial charge on any atom is 0.253 e. The van der Waals surface area contributed by atoms with E-state index in [4.69, 9.17) is 10.5 Å². The summed E-state index contributed by atoms with van der Waals surface area (Å²) < 4.78 is 5.71. The predicted molar refractivity (Wildman–Crippen MR) is 101 cm³/mol. The van der Waals surface area contributed by atoms with Gasteiger partial charge in [0.1, 0.15) is 0 Å². The summed E-state index contributed by atoms with van der Waals surface area (Å²) >= 11 is 0. The number of carbonyl (C=O) groups excluding carboxylic acids is 2. The molecule has 0 aromatic heterocycles. The molecule has 1 saturated heterocycles. The highest BCUT2D eigenvalue weighted by molar-refractivity contribution is 6.00. The van der Waals surface area contributed by atoms with Crippen molar-refractivity contribution >= 4 is 11.8 Å². The van der Waals surface area contributed by atoms with Crippen LogP contribution in [0.4, 0.5) is 0 Å². The van der Waals surface area contributed by atoms with Gasteiger partial charge < -0.3 is 15.4 Å². The van der Waals surface area contributed by atoms with Crippen molar-refractivity contribution in [3.05, 3.63) is 59.7 Å². The summed E-state index contributed by atoms with van der Waals surface area (Å²) in [4.78, 5) is 25.9. The first-order chi connectivity index (χ1) is 12.6. The summed E-state index contributed by atoms with van der Waals surface area (Å²) in [5.74, 6) is -0.498. The van der Waals surface area contributed by atoms with E-state index in [-0.39, 0.29) is 12.0 Å². The van der Waals surface area contributed by atoms with Gasteiger partial charge in [-0.1, -0.05) is 30.3 Å². The molecule has 0 aliphatic carbocycles. The lowest BCUT2D eigenvalue weighted by atomic mass is 9.98. The van der Waals surface area contributed by atoms with E-state index in [1.807, 2.05) is 24.3 Å². The van der Waals surface area contributed by atoms with Gasteiger partial charge in [-0.3, -0.25) is 9.59 Å². The van der Waals surface area contributed by atoms with Crippen molar-refractivity contribution in [3.8, 4) is 11.1 Å². The van der Waals surface area contributed by atoms with Gasteiger partial charge in [-0.2, -0.15) is 0 Å². The van der Waals surface area contributed by atoms with Gasteiger partial charge in [0.05, 0.1) is 6.10 Å². The Morgan fingerprint density at radius 3 is 2.50 bits per heavy atom. The Balaban J connectivity index is 1.73. The molecule has 0 radical (unpaired) electrons. The maximum atomic E-state index is 12.6. The Bertz CT molecular complexity index is 780. The zero-order chi connectivity index (χ0) is 18.5. The minimum Gasteiger partial charge on any atom is -0.376 e. The van der Waals surface area contributed by atoms with Gasteiger partial charge in [-0.15, -0.1) is 0 Å². The van der Waals surface area contributed by atoms with E-state index in [2.05, 4.69) is 0 Å². The Kier molecular flexibility index (Phi) is 5.68. The van der Waals surface area contributed by atoms with Crippen LogP contribution in [0.3, 0.4) is 0 Å². The molecule has 0 bridgehead atoms. The molecule has 2 aromatic rings. The zero-order valence-corrected chi connectivity index (χ0v) is 15.0. The molecule has 1 fully saturated rings. The minimum absolute atomic E-state index is 0.0334. The van der Waals surface area contributed by atoms with E-state index in [0.717, 1.165) is 37.0 Å². The first kappa shape index (κ1) is 18.1. The standard InChI is InChI=1S/C21H24N2O3/c1-23(14-17-6-4-5-13-26-17)21(25)16-11-9-15(10-12-16)18-7-2-3-8-19(18)20(22)24/h2-3,7-12,17H,4-6,13-14H2,1H3,(H2,22,24)/t17-/m1/s1. The van der Waals surface area contributed by atoms with Gasteiger partial charge in [0.15, 0.2) is 0 Å². The molecule has 2 amide bonds. The van der Waals surface area contributed by atoms with Crippen molar-refractivity contribution in [2.24, 2.45) is 5.73 Å². The number of nitrogens with two attached hydrogens (primary N) is 1. The Hall–Kier alpha value is -2.66. The van der Waals surface area contributed by atoms with Crippen LogP contribution in [0.1, 0.15) is 40.0 Å². The Morgan fingerprint density at radius 1 is 1.12 bits per heavy atom. The van der Waals surface area contributed by atoms with E-state index >= 15 is 0 Å². The molecule has 136 valence electrons. The molecule has 5 nitrogen and oxygen atoms in total. The zero-order valence-electron chi connectivity index (χ0n) is 15.0. The number of hydrogen-bond donors (Lipinski definition) is 1. The van der Waals surface area contributed by atoms with E-state index in [9.17, 15) is 9.59 Å². The third-order valence-corrected chi connectivity index (χ3v) is 4.73. The highest BCUT2D eigenvalue weighted by Gasteiger charge is 2.20. The molecular formula is C21H24N2O3. The number of hydrogen-bond acceptors (Lipinski definition) is 3. The fourth-order valence-electron chi connectivity index (χ4n) is 3.30. The molecular weight excluding hydrogens is 328 g/mol. The molecule has 5 heteroatoms. The smallest absolute Gasteiger partial charge is 0.253 e. The van der Waals surface area contributed by atoms with Gasteiger partial charge in [0.25, 0.3) is 5.91 Å². The van der Waals surface area contributed by atoms with Crippen LogP contribution in [0.2, 0.25) is 0 Å². The van der Waals surface area contributed by atoms with Crippen molar-refractivity contribution in [3.63, 3.8) is 0 Å². The van der Waals surface area contributed by atoms with Crippen LogP contribution in [0.5, 0.6) is 0 Å². The lowest BCUT2D eigenvalue weighted by molar-refractivity contribution is -0.000186. The monoisotopic (exact) mass is 352 g/mol. The van der Waals surface area contributed by atoms with E-state index < -0.39 is 5.91 Å². The fraction of sp³-hybridized carbons (Fsp3) is 0.333. The third kappa shape index (κ3) is 4.11. The van der Waals surface area contributed by atoms with Crippen LogP contribution in [0.25, 0.3) is 11.1 Å². The second kappa shape index (κ2) is 8.15. The molecule has 0 saturated carbocycles. The number of carbonyl (C=O) groups is 2. The highest BCUT2D eigenvalue weighted by Crippen LogP contribution is 2.24. The molecule has 1 aliphatic heterocycles. The van der Waals surface area contributed by atoms with Crippen LogP contribution in [0, 0.1) is 0 Å².